The van der Waals surface area contributed by atoms with E-state index in [1.54, 1.807) is 0 Å². The van der Waals surface area contributed by atoms with Crippen LogP contribution in [-0.2, 0) is 0 Å². The van der Waals surface area contributed by atoms with Crippen molar-refractivity contribution in [2.45, 2.75) is 13.8 Å². The Kier molecular flexibility index (Phi) is 5.04. The molecule has 0 saturated carbocycles. The maximum atomic E-state index is 6.01. The van der Waals surface area contributed by atoms with E-state index in [9.17, 15) is 0 Å². The van der Waals surface area contributed by atoms with Crippen molar-refractivity contribution in [3.8, 4) is 11.4 Å². The Morgan fingerprint density at radius 1 is 0.893 bits per heavy atom. The normalized spacial score (nSPS) is 11.6. The number of hydrazone groups is 1. The second-order valence-electron chi connectivity index (χ2n) is 6.59. The summed E-state index contributed by atoms with van der Waals surface area (Å²) in [7, 11) is 0. The van der Waals surface area contributed by atoms with Crippen LogP contribution in [0.25, 0.3) is 22.3 Å². The zero-order valence-electron chi connectivity index (χ0n) is 15.6. The van der Waals surface area contributed by atoms with Crippen molar-refractivity contribution in [2.24, 2.45) is 5.10 Å². The Morgan fingerprint density at radius 3 is 2.36 bits per heavy atom. The van der Waals surface area contributed by atoms with Crippen molar-refractivity contribution in [1.82, 2.24) is 9.97 Å². The average molecular weight is 387 g/mol. The topological polar surface area (TPSA) is 50.2 Å². The molecule has 0 atom stereocenters. The van der Waals surface area contributed by atoms with E-state index < -0.39 is 0 Å². The Bertz CT molecular complexity index is 1150. The number of hydrogen-bond donors (Lipinski definition) is 1. The molecule has 0 aliphatic carbocycles. The fraction of sp³-hybridized carbons (Fsp3) is 0.0870. The number of nitrogens with one attached hydrogen (secondary N) is 1. The van der Waals surface area contributed by atoms with Gasteiger partial charge in [-0.1, -0.05) is 53.6 Å². The van der Waals surface area contributed by atoms with Crippen molar-refractivity contribution in [2.75, 3.05) is 5.43 Å². The van der Waals surface area contributed by atoms with Crippen LogP contribution in [0.2, 0.25) is 5.02 Å². The molecule has 0 unspecified atom stereocenters. The van der Waals surface area contributed by atoms with Crippen LogP contribution < -0.4 is 5.43 Å². The lowest BCUT2D eigenvalue weighted by Crippen LogP contribution is -2.03. The van der Waals surface area contributed by atoms with Gasteiger partial charge < -0.3 is 0 Å². The molecule has 138 valence electrons. The number of hydrogen-bond acceptors (Lipinski definition) is 4. The number of nitrogens with zero attached hydrogens (tertiary/aromatic N) is 3. The lowest BCUT2D eigenvalue weighted by atomic mass is 10.1. The molecule has 3 aromatic carbocycles. The molecule has 0 fully saturated rings. The van der Waals surface area contributed by atoms with Gasteiger partial charge in [-0.3, -0.25) is 5.43 Å². The second-order valence-corrected chi connectivity index (χ2v) is 7.03. The lowest BCUT2D eigenvalue weighted by molar-refractivity contribution is 1.18. The van der Waals surface area contributed by atoms with Gasteiger partial charge in [-0.25, -0.2) is 9.97 Å². The van der Waals surface area contributed by atoms with E-state index in [-0.39, 0.29) is 0 Å². The molecule has 1 heterocycles. The van der Waals surface area contributed by atoms with Crippen LogP contribution in [0.5, 0.6) is 0 Å². The van der Waals surface area contributed by atoms with E-state index in [2.05, 4.69) is 46.7 Å². The minimum atomic E-state index is 0.626. The van der Waals surface area contributed by atoms with Gasteiger partial charge in [0.15, 0.2) is 11.6 Å². The average Bonchev–Trinajstić information content (AvgIpc) is 2.72. The molecule has 4 aromatic rings. The van der Waals surface area contributed by atoms with E-state index in [4.69, 9.17) is 16.6 Å². The largest absolute Gasteiger partial charge is 0.260 e. The number of benzene rings is 3. The number of aromatic nitrogens is 2. The summed E-state index contributed by atoms with van der Waals surface area (Å²) in [5.41, 5.74) is 8.06. The fourth-order valence-corrected chi connectivity index (χ4v) is 3.01. The Morgan fingerprint density at radius 2 is 1.61 bits per heavy atom. The van der Waals surface area contributed by atoms with Crippen LogP contribution in [-0.4, -0.2) is 15.7 Å². The molecular weight excluding hydrogens is 368 g/mol. The molecule has 0 aliphatic rings. The molecule has 4 nitrogen and oxygen atoms in total. The molecule has 5 heteroatoms. The standard InChI is InChI=1S/C23H19ClN4/c1-15-7-9-17(10-8-15)16(2)27-28-23-20-5-3-4-6-21(20)25-22(26-23)18-11-13-19(24)14-12-18/h3-14H,1-2H3,(H,25,26,28)/b27-16+. The maximum absolute atomic E-state index is 6.01. The summed E-state index contributed by atoms with van der Waals surface area (Å²) in [6.07, 6.45) is 0. The number of halogens is 1. The molecule has 4 rings (SSSR count). The van der Waals surface area contributed by atoms with Gasteiger partial charge in [0.2, 0.25) is 0 Å². The summed E-state index contributed by atoms with van der Waals surface area (Å²) < 4.78 is 0. The quantitative estimate of drug-likeness (QED) is 0.341. The van der Waals surface area contributed by atoms with Crippen molar-refractivity contribution >= 4 is 34.0 Å². The minimum Gasteiger partial charge on any atom is -0.260 e. The Labute approximate surface area is 168 Å². The minimum absolute atomic E-state index is 0.626. The summed E-state index contributed by atoms with van der Waals surface area (Å²) in [6.45, 7) is 4.04. The molecule has 0 spiro atoms. The van der Waals surface area contributed by atoms with E-state index in [1.807, 2.05) is 55.5 Å². The molecule has 0 amide bonds. The van der Waals surface area contributed by atoms with Gasteiger partial charge in [0.1, 0.15) is 0 Å². The first-order valence-electron chi connectivity index (χ1n) is 9.00. The van der Waals surface area contributed by atoms with Gasteiger partial charge >= 0.3 is 0 Å². The first kappa shape index (κ1) is 18.1. The van der Waals surface area contributed by atoms with Crippen LogP contribution >= 0.6 is 11.6 Å². The van der Waals surface area contributed by atoms with Crippen molar-refractivity contribution in [3.63, 3.8) is 0 Å². The lowest BCUT2D eigenvalue weighted by Gasteiger charge is -2.09. The number of para-hydroxylation sites is 1. The van der Waals surface area contributed by atoms with Gasteiger partial charge in [0, 0.05) is 16.0 Å². The third-order valence-corrected chi connectivity index (χ3v) is 4.76. The molecule has 0 saturated heterocycles. The van der Waals surface area contributed by atoms with E-state index in [0.29, 0.717) is 16.7 Å². The van der Waals surface area contributed by atoms with Crippen LogP contribution in [0.15, 0.2) is 77.9 Å². The molecule has 1 aromatic heterocycles. The summed E-state index contributed by atoms with van der Waals surface area (Å²) in [5, 5.41) is 6.15. The Hall–Kier alpha value is -3.24. The van der Waals surface area contributed by atoms with Gasteiger partial charge in [-0.05, 0) is 55.8 Å². The van der Waals surface area contributed by atoms with Crippen LogP contribution in [0, 0.1) is 6.92 Å². The summed E-state index contributed by atoms with van der Waals surface area (Å²) in [4.78, 5) is 9.40. The van der Waals surface area contributed by atoms with Gasteiger partial charge in [-0.2, -0.15) is 5.10 Å². The third kappa shape index (κ3) is 3.87. The molecule has 28 heavy (non-hydrogen) atoms. The van der Waals surface area contributed by atoms with Gasteiger partial charge in [-0.15, -0.1) is 0 Å². The highest BCUT2D eigenvalue weighted by atomic mass is 35.5. The first-order chi connectivity index (χ1) is 13.6. The SMILES string of the molecule is C/C(=N\Nc1nc(-c2ccc(Cl)cc2)nc2ccccc12)c1ccc(C)cc1. The summed E-state index contributed by atoms with van der Waals surface area (Å²) >= 11 is 6.01. The number of fused-ring (bicyclic) bond motifs is 1. The number of aryl methyl sites for hydroxylation is 1. The molecule has 1 N–H and O–H groups in total. The van der Waals surface area contributed by atoms with Gasteiger partial charge in [0.05, 0.1) is 11.2 Å². The van der Waals surface area contributed by atoms with Crippen LogP contribution in [0.1, 0.15) is 18.1 Å². The highest BCUT2D eigenvalue weighted by Gasteiger charge is 2.09. The monoisotopic (exact) mass is 386 g/mol. The van der Waals surface area contributed by atoms with Crippen molar-refractivity contribution < 1.29 is 0 Å². The fourth-order valence-electron chi connectivity index (χ4n) is 2.89. The van der Waals surface area contributed by atoms with E-state index in [0.717, 1.165) is 27.7 Å². The summed E-state index contributed by atoms with van der Waals surface area (Å²) in [6, 6.07) is 23.7. The zero-order valence-corrected chi connectivity index (χ0v) is 16.4. The molecule has 0 aliphatic heterocycles. The van der Waals surface area contributed by atoms with E-state index in [1.165, 1.54) is 5.56 Å². The van der Waals surface area contributed by atoms with E-state index >= 15 is 0 Å². The predicted octanol–water partition coefficient (Wildman–Crippen LogP) is 6.09. The third-order valence-electron chi connectivity index (χ3n) is 4.50. The Balaban J connectivity index is 1.73. The molecule has 0 radical (unpaired) electrons. The van der Waals surface area contributed by atoms with Crippen molar-refractivity contribution in [3.05, 3.63) is 88.9 Å². The predicted molar refractivity (Wildman–Crippen MR) is 117 cm³/mol. The van der Waals surface area contributed by atoms with Crippen molar-refractivity contribution in [1.29, 1.82) is 0 Å². The highest BCUT2D eigenvalue weighted by molar-refractivity contribution is 6.30. The smallest absolute Gasteiger partial charge is 0.162 e. The zero-order chi connectivity index (χ0) is 19.5. The van der Waals surface area contributed by atoms with Crippen LogP contribution in [0.4, 0.5) is 5.82 Å². The van der Waals surface area contributed by atoms with Crippen LogP contribution in [0.3, 0.4) is 0 Å². The summed E-state index contributed by atoms with van der Waals surface area (Å²) in [5.74, 6) is 1.29. The number of anilines is 1. The maximum Gasteiger partial charge on any atom is 0.162 e. The number of rotatable bonds is 4. The molecule has 0 bridgehead atoms. The first-order valence-corrected chi connectivity index (χ1v) is 9.38. The highest BCUT2D eigenvalue weighted by Crippen LogP contribution is 2.25. The van der Waals surface area contributed by atoms with Gasteiger partial charge in [0.25, 0.3) is 0 Å². The molecular formula is C23H19ClN4. The second kappa shape index (κ2) is 7.79.